The van der Waals surface area contributed by atoms with Crippen LogP contribution in [0.2, 0.25) is 0 Å². The number of piperidine rings is 1. The van der Waals surface area contributed by atoms with E-state index in [9.17, 15) is 0 Å². The predicted octanol–water partition coefficient (Wildman–Crippen LogP) is 3.58. The number of nitrogens with zero attached hydrogens (tertiary/aromatic N) is 3. The zero-order valence-electron chi connectivity index (χ0n) is 12.1. The van der Waals surface area contributed by atoms with Crippen molar-refractivity contribution in [3.05, 3.63) is 35.9 Å². The van der Waals surface area contributed by atoms with Crippen molar-refractivity contribution in [1.29, 1.82) is 0 Å². The standard InChI is InChI=1S/C16H23N3/c1-12(2)18-8-5-4-6-15(18)16-17-11-14-10-13(3)7-9-19(14)16/h7,9-12,15H,4-6,8H2,1-3H3. The summed E-state index contributed by atoms with van der Waals surface area (Å²) in [7, 11) is 0. The molecule has 0 amide bonds. The molecule has 1 aliphatic rings. The molecule has 1 saturated heterocycles. The van der Waals surface area contributed by atoms with Gasteiger partial charge in [-0.25, -0.2) is 4.98 Å². The van der Waals surface area contributed by atoms with Gasteiger partial charge in [-0.05, 0) is 57.9 Å². The number of imidazole rings is 1. The quantitative estimate of drug-likeness (QED) is 0.819. The maximum absolute atomic E-state index is 4.71. The molecule has 0 bridgehead atoms. The predicted molar refractivity (Wildman–Crippen MR) is 78.4 cm³/mol. The van der Waals surface area contributed by atoms with Crippen molar-refractivity contribution in [1.82, 2.24) is 14.3 Å². The van der Waals surface area contributed by atoms with Gasteiger partial charge in [-0.3, -0.25) is 4.90 Å². The Morgan fingerprint density at radius 3 is 2.95 bits per heavy atom. The highest BCUT2D eigenvalue weighted by molar-refractivity contribution is 5.48. The van der Waals surface area contributed by atoms with Gasteiger partial charge < -0.3 is 4.40 Å². The van der Waals surface area contributed by atoms with Crippen LogP contribution >= 0.6 is 0 Å². The molecule has 0 N–H and O–H groups in total. The Labute approximate surface area is 115 Å². The molecule has 0 aromatic carbocycles. The second-order valence-electron chi connectivity index (χ2n) is 5.96. The summed E-state index contributed by atoms with van der Waals surface area (Å²) in [5.74, 6) is 1.21. The number of aryl methyl sites for hydroxylation is 1. The molecule has 2 aromatic heterocycles. The molecule has 3 rings (SSSR count). The van der Waals surface area contributed by atoms with Crippen LogP contribution in [0.4, 0.5) is 0 Å². The Morgan fingerprint density at radius 2 is 2.16 bits per heavy atom. The van der Waals surface area contributed by atoms with Crippen molar-refractivity contribution in [2.75, 3.05) is 6.54 Å². The molecule has 1 aliphatic heterocycles. The van der Waals surface area contributed by atoms with Crippen molar-refractivity contribution in [2.45, 2.75) is 52.1 Å². The first kappa shape index (κ1) is 12.7. The van der Waals surface area contributed by atoms with Crippen LogP contribution in [0.3, 0.4) is 0 Å². The SMILES string of the molecule is Cc1ccn2c(C3CCCCN3C(C)C)ncc2c1. The number of hydrogen-bond donors (Lipinski definition) is 0. The number of likely N-dealkylation sites (tertiary alicyclic amines) is 1. The third-order valence-corrected chi connectivity index (χ3v) is 4.22. The van der Waals surface area contributed by atoms with E-state index in [-0.39, 0.29) is 0 Å². The van der Waals surface area contributed by atoms with Gasteiger partial charge in [0.15, 0.2) is 0 Å². The molecule has 102 valence electrons. The topological polar surface area (TPSA) is 20.5 Å². The van der Waals surface area contributed by atoms with Gasteiger partial charge in [0.1, 0.15) is 5.82 Å². The van der Waals surface area contributed by atoms with E-state index in [1.165, 1.54) is 42.7 Å². The highest BCUT2D eigenvalue weighted by Gasteiger charge is 2.28. The van der Waals surface area contributed by atoms with Gasteiger partial charge >= 0.3 is 0 Å². The third kappa shape index (κ3) is 2.27. The van der Waals surface area contributed by atoms with Crippen LogP contribution in [0.25, 0.3) is 5.52 Å². The molecular formula is C16H23N3. The van der Waals surface area contributed by atoms with Gasteiger partial charge in [0.2, 0.25) is 0 Å². The number of rotatable bonds is 2. The van der Waals surface area contributed by atoms with Gasteiger partial charge in [-0.15, -0.1) is 0 Å². The average Bonchev–Trinajstić information content (AvgIpc) is 2.81. The van der Waals surface area contributed by atoms with Crippen LogP contribution in [-0.4, -0.2) is 26.9 Å². The Bertz CT molecular complexity index is 570. The van der Waals surface area contributed by atoms with E-state index in [1.807, 2.05) is 6.20 Å². The van der Waals surface area contributed by atoms with E-state index in [2.05, 4.69) is 48.4 Å². The van der Waals surface area contributed by atoms with Gasteiger partial charge in [0.05, 0.1) is 17.8 Å². The lowest BCUT2D eigenvalue weighted by molar-refractivity contribution is 0.106. The van der Waals surface area contributed by atoms with Gasteiger partial charge in [-0.1, -0.05) is 6.42 Å². The molecule has 3 nitrogen and oxygen atoms in total. The summed E-state index contributed by atoms with van der Waals surface area (Å²) in [6.45, 7) is 7.91. The van der Waals surface area contributed by atoms with Crippen molar-refractivity contribution in [3.8, 4) is 0 Å². The fraction of sp³-hybridized carbons (Fsp3) is 0.562. The van der Waals surface area contributed by atoms with E-state index in [1.54, 1.807) is 0 Å². The smallest absolute Gasteiger partial charge is 0.130 e. The average molecular weight is 257 g/mol. The zero-order chi connectivity index (χ0) is 13.4. The minimum absolute atomic E-state index is 0.471. The largest absolute Gasteiger partial charge is 0.302 e. The number of aromatic nitrogens is 2. The van der Waals surface area contributed by atoms with Crippen LogP contribution in [-0.2, 0) is 0 Å². The van der Waals surface area contributed by atoms with Gasteiger partial charge in [0.25, 0.3) is 0 Å². The molecule has 2 aromatic rings. The lowest BCUT2D eigenvalue weighted by atomic mass is 10.00. The van der Waals surface area contributed by atoms with Crippen LogP contribution in [0.15, 0.2) is 24.5 Å². The number of fused-ring (bicyclic) bond motifs is 1. The first-order chi connectivity index (χ1) is 9.16. The summed E-state index contributed by atoms with van der Waals surface area (Å²) in [6, 6.07) is 5.43. The molecule has 1 fully saturated rings. The minimum Gasteiger partial charge on any atom is -0.302 e. The lowest BCUT2D eigenvalue weighted by Gasteiger charge is -2.37. The Balaban J connectivity index is 2.02. The molecule has 0 radical (unpaired) electrons. The highest BCUT2D eigenvalue weighted by atomic mass is 15.2. The molecule has 3 heterocycles. The molecule has 1 atom stereocenters. The van der Waals surface area contributed by atoms with Crippen LogP contribution in [0, 0.1) is 6.92 Å². The summed E-state index contributed by atoms with van der Waals surface area (Å²) < 4.78 is 2.26. The lowest BCUT2D eigenvalue weighted by Crippen LogP contribution is -2.39. The van der Waals surface area contributed by atoms with Crippen molar-refractivity contribution >= 4 is 5.52 Å². The van der Waals surface area contributed by atoms with Crippen LogP contribution in [0.1, 0.15) is 50.5 Å². The molecular weight excluding hydrogens is 234 g/mol. The number of pyridine rings is 1. The summed E-state index contributed by atoms with van der Waals surface area (Å²) in [4.78, 5) is 7.31. The molecule has 3 heteroatoms. The summed E-state index contributed by atoms with van der Waals surface area (Å²) in [5.41, 5.74) is 2.51. The maximum Gasteiger partial charge on any atom is 0.130 e. The normalized spacial score (nSPS) is 21.4. The van der Waals surface area contributed by atoms with E-state index >= 15 is 0 Å². The minimum atomic E-state index is 0.471. The zero-order valence-corrected chi connectivity index (χ0v) is 12.1. The fourth-order valence-corrected chi connectivity index (χ4v) is 3.23. The monoisotopic (exact) mass is 257 g/mol. The van der Waals surface area contributed by atoms with E-state index < -0.39 is 0 Å². The second kappa shape index (κ2) is 4.97. The van der Waals surface area contributed by atoms with E-state index in [0.29, 0.717) is 12.1 Å². The fourth-order valence-electron chi connectivity index (χ4n) is 3.23. The highest BCUT2D eigenvalue weighted by Crippen LogP contribution is 2.32. The molecule has 1 unspecified atom stereocenters. The van der Waals surface area contributed by atoms with Crippen molar-refractivity contribution in [3.63, 3.8) is 0 Å². The molecule has 0 spiro atoms. The van der Waals surface area contributed by atoms with Gasteiger partial charge in [-0.2, -0.15) is 0 Å². The molecule has 0 saturated carbocycles. The third-order valence-electron chi connectivity index (χ3n) is 4.22. The Hall–Kier alpha value is -1.35. The van der Waals surface area contributed by atoms with Crippen molar-refractivity contribution < 1.29 is 0 Å². The second-order valence-corrected chi connectivity index (χ2v) is 5.96. The first-order valence-corrected chi connectivity index (χ1v) is 7.36. The summed E-state index contributed by atoms with van der Waals surface area (Å²) in [6.07, 6.45) is 8.03. The summed E-state index contributed by atoms with van der Waals surface area (Å²) in [5, 5.41) is 0. The Kier molecular flexibility index (Phi) is 3.31. The van der Waals surface area contributed by atoms with Gasteiger partial charge in [0, 0.05) is 12.2 Å². The number of hydrogen-bond acceptors (Lipinski definition) is 2. The summed E-state index contributed by atoms with van der Waals surface area (Å²) >= 11 is 0. The van der Waals surface area contributed by atoms with Crippen LogP contribution in [0.5, 0.6) is 0 Å². The van der Waals surface area contributed by atoms with E-state index in [0.717, 1.165) is 0 Å². The van der Waals surface area contributed by atoms with Crippen molar-refractivity contribution in [2.24, 2.45) is 0 Å². The van der Waals surface area contributed by atoms with E-state index in [4.69, 9.17) is 4.98 Å². The van der Waals surface area contributed by atoms with Crippen LogP contribution < -0.4 is 0 Å². The maximum atomic E-state index is 4.71. The molecule has 0 aliphatic carbocycles. The molecule has 19 heavy (non-hydrogen) atoms. The first-order valence-electron chi connectivity index (χ1n) is 7.36. The Morgan fingerprint density at radius 1 is 1.32 bits per heavy atom.